The topological polar surface area (TPSA) is 95.9 Å². The number of carboxylic acids is 1. The lowest BCUT2D eigenvalue weighted by Crippen LogP contribution is -2.57. The van der Waals surface area contributed by atoms with Crippen molar-refractivity contribution in [3.05, 3.63) is 59.7 Å². The van der Waals surface area contributed by atoms with Gasteiger partial charge in [0.2, 0.25) is 5.91 Å². The summed E-state index contributed by atoms with van der Waals surface area (Å²) in [5.41, 5.74) is 4.61. The van der Waals surface area contributed by atoms with Gasteiger partial charge >= 0.3 is 12.1 Å². The number of carbonyl (C=O) groups is 3. The second-order valence-electron chi connectivity index (χ2n) is 10.1. The molecule has 2 amide bonds. The van der Waals surface area contributed by atoms with E-state index in [-0.39, 0.29) is 30.4 Å². The Morgan fingerprint density at radius 2 is 1.66 bits per heavy atom. The number of nitrogens with one attached hydrogen (secondary N) is 1. The van der Waals surface area contributed by atoms with E-state index in [0.29, 0.717) is 19.4 Å². The maximum absolute atomic E-state index is 13.5. The zero-order chi connectivity index (χ0) is 24.5. The second-order valence-corrected chi connectivity index (χ2v) is 10.1. The summed E-state index contributed by atoms with van der Waals surface area (Å²) in [4.78, 5) is 39.5. The molecule has 35 heavy (non-hydrogen) atoms. The van der Waals surface area contributed by atoms with Gasteiger partial charge in [0.25, 0.3) is 0 Å². The van der Waals surface area contributed by atoms with Crippen molar-refractivity contribution in [2.45, 2.75) is 57.0 Å². The maximum atomic E-state index is 13.5. The molecule has 0 radical (unpaired) electrons. The molecule has 2 fully saturated rings. The molecule has 0 spiro atoms. The summed E-state index contributed by atoms with van der Waals surface area (Å²) < 4.78 is 5.70. The number of alkyl carbamates (subject to hydrolysis) is 1. The molecule has 2 aliphatic carbocycles. The highest BCUT2D eigenvalue weighted by Crippen LogP contribution is 2.44. The molecule has 7 heteroatoms. The van der Waals surface area contributed by atoms with Gasteiger partial charge in [-0.05, 0) is 60.8 Å². The van der Waals surface area contributed by atoms with Crippen LogP contribution in [0.5, 0.6) is 0 Å². The standard InChI is InChI=1S/C28H32N2O5/c1-17-15-19(27(32)33)13-14-30(17)26(31)25(18-7-6-8-18)29-28(34)35-16-24-22-11-4-2-9-20(22)21-10-3-5-12-23(21)24/h2-5,9-12,17-19,24-25H,6-8,13-16H2,1H3,(H,29,34)(H,32,33). The Morgan fingerprint density at radius 3 is 2.20 bits per heavy atom. The highest BCUT2D eigenvalue weighted by molar-refractivity contribution is 5.87. The summed E-state index contributed by atoms with van der Waals surface area (Å²) in [6.07, 6.45) is 3.11. The highest BCUT2D eigenvalue weighted by Gasteiger charge is 2.40. The molecule has 1 heterocycles. The summed E-state index contributed by atoms with van der Waals surface area (Å²) in [5.74, 6) is -1.31. The van der Waals surface area contributed by atoms with Crippen LogP contribution in [0.3, 0.4) is 0 Å². The van der Waals surface area contributed by atoms with Crippen LogP contribution in [0, 0.1) is 11.8 Å². The van der Waals surface area contributed by atoms with E-state index in [1.54, 1.807) is 4.90 Å². The van der Waals surface area contributed by atoms with Crippen LogP contribution in [0.4, 0.5) is 4.79 Å². The van der Waals surface area contributed by atoms with Crippen molar-refractivity contribution in [3.8, 4) is 11.1 Å². The van der Waals surface area contributed by atoms with Gasteiger partial charge in [-0.3, -0.25) is 9.59 Å². The highest BCUT2D eigenvalue weighted by atomic mass is 16.5. The SMILES string of the molecule is CC1CC(C(=O)O)CCN1C(=O)C(NC(=O)OCC1c2ccccc2-c2ccccc21)C1CCC1. The lowest BCUT2D eigenvalue weighted by Gasteiger charge is -2.41. The second kappa shape index (κ2) is 9.72. The van der Waals surface area contributed by atoms with Crippen LogP contribution >= 0.6 is 0 Å². The number of carbonyl (C=O) groups excluding carboxylic acids is 2. The number of benzene rings is 2. The van der Waals surface area contributed by atoms with Crippen LogP contribution in [0.2, 0.25) is 0 Å². The van der Waals surface area contributed by atoms with E-state index in [1.165, 1.54) is 11.1 Å². The van der Waals surface area contributed by atoms with E-state index in [0.717, 1.165) is 30.4 Å². The third kappa shape index (κ3) is 4.51. The molecule has 3 unspecified atom stereocenters. The summed E-state index contributed by atoms with van der Waals surface area (Å²) in [6, 6.07) is 15.5. The van der Waals surface area contributed by atoms with Gasteiger partial charge in [0.15, 0.2) is 0 Å². The Kier molecular flexibility index (Phi) is 6.50. The van der Waals surface area contributed by atoms with Gasteiger partial charge in [-0.1, -0.05) is 55.0 Å². The largest absolute Gasteiger partial charge is 0.481 e. The Labute approximate surface area is 205 Å². The average Bonchev–Trinajstić information content (AvgIpc) is 3.14. The van der Waals surface area contributed by atoms with Crippen molar-refractivity contribution in [1.29, 1.82) is 0 Å². The molecule has 1 saturated heterocycles. The van der Waals surface area contributed by atoms with Crippen molar-refractivity contribution < 1.29 is 24.2 Å². The fraction of sp³-hybridized carbons (Fsp3) is 0.464. The Bertz CT molecular complexity index is 1080. The molecule has 0 aromatic heterocycles. The molecule has 184 valence electrons. The van der Waals surface area contributed by atoms with E-state index in [9.17, 15) is 19.5 Å². The van der Waals surface area contributed by atoms with Crippen LogP contribution in [0.25, 0.3) is 11.1 Å². The minimum atomic E-state index is -0.809. The van der Waals surface area contributed by atoms with Crippen LogP contribution in [-0.4, -0.2) is 53.2 Å². The molecule has 3 atom stereocenters. The van der Waals surface area contributed by atoms with Gasteiger partial charge in [0.1, 0.15) is 12.6 Å². The number of rotatable bonds is 6. The first-order valence-corrected chi connectivity index (χ1v) is 12.6. The Morgan fingerprint density at radius 1 is 1.03 bits per heavy atom. The first kappa shape index (κ1) is 23.4. The zero-order valence-electron chi connectivity index (χ0n) is 20.0. The summed E-state index contributed by atoms with van der Waals surface area (Å²) in [5, 5.41) is 12.2. The van der Waals surface area contributed by atoms with E-state index in [1.807, 2.05) is 31.2 Å². The molecule has 2 aromatic carbocycles. The van der Waals surface area contributed by atoms with Crippen molar-refractivity contribution in [1.82, 2.24) is 10.2 Å². The number of nitrogens with zero attached hydrogens (tertiary/aromatic N) is 1. The fourth-order valence-corrected chi connectivity index (χ4v) is 5.82. The Hall–Kier alpha value is -3.35. The fourth-order valence-electron chi connectivity index (χ4n) is 5.82. The molecule has 5 rings (SSSR count). The monoisotopic (exact) mass is 476 g/mol. The molecular formula is C28H32N2O5. The number of hydrogen-bond donors (Lipinski definition) is 2. The summed E-state index contributed by atoms with van der Waals surface area (Å²) in [6.45, 7) is 2.48. The molecular weight excluding hydrogens is 444 g/mol. The van der Waals surface area contributed by atoms with E-state index >= 15 is 0 Å². The number of hydrogen-bond acceptors (Lipinski definition) is 4. The maximum Gasteiger partial charge on any atom is 0.407 e. The van der Waals surface area contributed by atoms with Crippen molar-refractivity contribution in [3.63, 3.8) is 0 Å². The number of amides is 2. The van der Waals surface area contributed by atoms with Crippen LogP contribution in [-0.2, 0) is 14.3 Å². The lowest BCUT2D eigenvalue weighted by atomic mass is 9.78. The quantitative estimate of drug-likeness (QED) is 0.644. The van der Waals surface area contributed by atoms with Gasteiger partial charge in [-0.15, -0.1) is 0 Å². The lowest BCUT2D eigenvalue weighted by molar-refractivity contribution is -0.148. The first-order chi connectivity index (χ1) is 16.9. The molecule has 3 aliphatic rings. The van der Waals surface area contributed by atoms with Gasteiger partial charge < -0.3 is 20.1 Å². The number of ether oxygens (including phenoxy) is 1. The van der Waals surface area contributed by atoms with Gasteiger partial charge in [0.05, 0.1) is 5.92 Å². The number of carboxylic acid groups (broad SMARTS) is 1. The van der Waals surface area contributed by atoms with Gasteiger partial charge in [0, 0.05) is 18.5 Å². The van der Waals surface area contributed by atoms with Crippen LogP contribution in [0.15, 0.2) is 48.5 Å². The van der Waals surface area contributed by atoms with Crippen molar-refractivity contribution >= 4 is 18.0 Å². The number of fused-ring (bicyclic) bond motifs is 3. The van der Waals surface area contributed by atoms with Crippen LogP contribution in [0.1, 0.15) is 56.1 Å². The summed E-state index contributed by atoms with van der Waals surface area (Å²) >= 11 is 0. The first-order valence-electron chi connectivity index (χ1n) is 12.6. The predicted molar refractivity (Wildman–Crippen MR) is 131 cm³/mol. The molecule has 0 bridgehead atoms. The van der Waals surface area contributed by atoms with Gasteiger partial charge in [-0.25, -0.2) is 4.79 Å². The van der Waals surface area contributed by atoms with E-state index < -0.39 is 24.0 Å². The molecule has 2 N–H and O–H groups in total. The number of piperidine rings is 1. The zero-order valence-corrected chi connectivity index (χ0v) is 20.0. The predicted octanol–water partition coefficient (Wildman–Crippen LogP) is 4.41. The summed E-state index contributed by atoms with van der Waals surface area (Å²) in [7, 11) is 0. The minimum Gasteiger partial charge on any atom is -0.481 e. The third-order valence-electron chi connectivity index (χ3n) is 8.01. The third-order valence-corrected chi connectivity index (χ3v) is 8.01. The molecule has 7 nitrogen and oxygen atoms in total. The number of aliphatic carboxylic acids is 1. The minimum absolute atomic E-state index is 0.0407. The normalized spacial score (nSPS) is 22.5. The van der Waals surface area contributed by atoms with Crippen molar-refractivity contribution in [2.24, 2.45) is 11.8 Å². The number of likely N-dealkylation sites (tertiary alicyclic amines) is 1. The molecule has 1 aliphatic heterocycles. The molecule has 2 aromatic rings. The smallest absolute Gasteiger partial charge is 0.407 e. The Balaban J connectivity index is 1.25. The molecule has 1 saturated carbocycles. The van der Waals surface area contributed by atoms with E-state index in [2.05, 4.69) is 29.6 Å². The van der Waals surface area contributed by atoms with Crippen LogP contribution < -0.4 is 5.32 Å². The van der Waals surface area contributed by atoms with Crippen molar-refractivity contribution in [2.75, 3.05) is 13.2 Å². The van der Waals surface area contributed by atoms with Gasteiger partial charge in [-0.2, -0.15) is 0 Å². The van der Waals surface area contributed by atoms with E-state index in [4.69, 9.17) is 4.74 Å². The average molecular weight is 477 g/mol.